The molecule has 17 heavy (non-hydrogen) atoms. The van der Waals surface area contributed by atoms with Crippen LogP contribution in [0.3, 0.4) is 0 Å². The van der Waals surface area contributed by atoms with Crippen molar-refractivity contribution >= 4 is 12.2 Å². The summed E-state index contributed by atoms with van der Waals surface area (Å²) < 4.78 is 3.17. The average Bonchev–Trinajstić information content (AvgIpc) is 2.65. The maximum absolute atomic E-state index is 5.38. The van der Waals surface area contributed by atoms with Crippen LogP contribution in [0.2, 0.25) is 0 Å². The number of imidazole rings is 1. The molecule has 0 radical (unpaired) electrons. The standard InChI is InChI=1S/C13H23N3S/c1-4-11-9-14-12(17)16(11)10-13(2)5-7-15(3)8-6-13/h9H,4-8,10H2,1-3H3,(H,14,17). The zero-order chi connectivity index (χ0) is 12.5. The first-order chi connectivity index (χ1) is 8.04. The number of piperidine rings is 1. The number of hydrogen-bond donors (Lipinski definition) is 1. The molecule has 0 bridgehead atoms. The molecule has 0 unspecified atom stereocenters. The van der Waals surface area contributed by atoms with Crippen LogP contribution in [-0.4, -0.2) is 34.6 Å². The number of aryl methyl sites for hydroxylation is 1. The van der Waals surface area contributed by atoms with Gasteiger partial charge in [0.15, 0.2) is 4.77 Å². The van der Waals surface area contributed by atoms with Crippen molar-refractivity contribution < 1.29 is 0 Å². The second-order valence-corrected chi connectivity index (χ2v) is 6.03. The number of rotatable bonds is 3. The molecule has 1 fully saturated rings. The van der Waals surface area contributed by atoms with Gasteiger partial charge >= 0.3 is 0 Å². The molecular formula is C13H23N3S. The Bertz CT molecular complexity index is 424. The highest BCUT2D eigenvalue weighted by molar-refractivity contribution is 7.71. The van der Waals surface area contributed by atoms with E-state index in [0.29, 0.717) is 5.41 Å². The van der Waals surface area contributed by atoms with Crippen molar-refractivity contribution in [2.45, 2.75) is 39.7 Å². The van der Waals surface area contributed by atoms with Crippen molar-refractivity contribution in [3.05, 3.63) is 16.7 Å². The third kappa shape index (κ3) is 2.80. The molecule has 1 aliphatic rings. The number of aromatic nitrogens is 2. The van der Waals surface area contributed by atoms with E-state index in [0.717, 1.165) is 17.7 Å². The second-order valence-electron chi connectivity index (χ2n) is 5.64. The summed E-state index contributed by atoms with van der Waals surface area (Å²) in [5.41, 5.74) is 1.73. The predicted octanol–water partition coefficient (Wildman–Crippen LogP) is 2.84. The first-order valence-corrected chi connectivity index (χ1v) is 6.90. The van der Waals surface area contributed by atoms with E-state index in [2.05, 4.69) is 41.5 Å². The van der Waals surface area contributed by atoms with Crippen LogP contribution in [0.4, 0.5) is 0 Å². The smallest absolute Gasteiger partial charge is 0.177 e. The lowest BCUT2D eigenvalue weighted by atomic mass is 9.80. The number of H-pyrrole nitrogens is 1. The molecule has 1 aromatic rings. The van der Waals surface area contributed by atoms with E-state index < -0.39 is 0 Å². The largest absolute Gasteiger partial charge is 0.337 e. The summed E-state index contributed by atoms with van der Waals surface area (Å²) in [6, 6.07) is 0. The van der Waals surface area contributed by atoms with Crippen LogP contribution in [-0.2, 0) is 13.0 Å². The Hall–Kier alpha value is -0.610. The van der Waals surface area contributed by atoms with Gasteiger partial charge in [0.05, 0.1) is 0 Å². The average molecular weight is 253 g/mol. The highest BCUT2D eigenvalue weighted by atomic mass is 32.1. The molecule has 0 atom stereocenters. The minimum atomic E-state index is 0.400. The van der Waals surface area contributed by atoms with E-state index in [1.165, 1.54) is 31.6 Å². The van der Waals surface area contributed by atoms with Crippen molar-refractivity contribution in [1.29, 1.82) is 0 Å². The van der Waals surface area contributed by atoms with Gasteiger partial charge in [-0.1, -0.05) is 13.8 Å². The summed E-state index contributed by atoms with van der Waals surface area (Å²) in [5.74, 6) is 0. The SMILES string of the molecule is CCc1c[nH]c(=S)n1CC1(C)CCN(C)CC1. The molecule has 0 aromatic carbocycles. The molecule has 2 rings (SSSR count). The van der Waals surface area contributed by atoms with Gasteiger partial charge in [-0.05, 0) is 57.0 Å². The van der Waals surface area contributed by atoms with Crippen molar-refractivity contribution in [3.63, 3.8) is 0 Å². The lowest BCUT2D eigenvalue weighted by Crippen LogP contribution is -2.38. The fraction of sp³-hybridized carbons (Fsp3) is 0.769. The maximum atomic E-state index is 5.38. The number of likely N-dealkylation sites (tertiary alicyclic amines) is 1. The summed E-state index contributed by atoms with van der Waals surface area (Å²) >= 11 is 5.38. The number of hydrogen-bond acceptors (Lipinski definition) is 2. The lowest BCUT2D eigenvalue weighted by molar-refractivity contribution is 0.119. The minimum absolute atomic E-state index is 0.400. The van der Waals surface area contributed by atoms with Crippen LogP contribution < -0.4 is 0 Å². The van der Waals surface area contributed by atoms with E-state index in [9.17, 15) is 0 Å². The van der Waals surface area contributed by atoms with Gasteiger partial charge in [-0.15, -0.1) is 0 Å². The molecule has 1 aliphatic heterocycles. The third-order valence-corrected chi connectivity index (χ3v) is 4.39. The highest BCUT2D eigenvalue weighted by Gasteiger charge is 2.29. The molecule has 96 valence electrons. The summed E-state index contributed by atoms with van der Waals surface area (Å²) in [5, 5.41) is 0. The normalized spacial score (nSPS) is 20.6. The first kappa shape index (κ1) is 12.8. The van der Waals surface area contributed by atoms with Gasteiger partial charge in [-0.2, -0.15) is 0 Å². The number of nitrogens with zero attached hydrogens (tertiary/aromatic N) is 2. The summed E-state index contributed by atoms with van der Waals surface area (Å²) in [6.07, 6.45) is 5.63. The topological polar surface area (TPSA) is 24.0 Å². The molecular weight excluding hydrogens is 230 g/mol. The van der Waals surface area contributed by atoms with E-state index in [-0.39, 0.29) is 0 Å². The second kappa shape index (κ2) is 4.94. The zero-order valence-corrected chi connectivity index (χ0v) is 11.9. The van der Waals surface area contributed by atoms with Crippen LogP contribution >= 0.6 is 12.2 Å². The van der Waals surface area contributed by atoms with Crippen LogP contribution in [0.5, 0.6) is 0 Å². The van der Waals surface area contributed by atoms with Gasteiger partial charge < -0.3 is 14.5 Å². The summed E-state index contributed by atoms with van der Waals surface area (Å²) in [4.78, 5) is 5.59. The van der Waals surface area contributed by atoms with Crippen molar-refractivity contribution in [1.82, 2.24) is 14.5 Å². The number of aromatic amines is 1. The van der Waals surface area contributed by atoms with Gasteiger partial charge in [-0.25, -0.2) is 0 Å². The molecule has 0 saturated carbocycles. The van der Waals surface area contributed by atoms with Crippen molar-refractivity contribution in [2.24, 2.45) is 5.41 Å². The van der Waals surface area contributed by atoms with Crippen LogP contribution in [0.25, 0.3) is 0 Å². The molecule has 4 heteroatoms. The molecule has 1 saturated heterocycles. The molecule has 0 aliphatic carbocycles. The fourth-order valence-electron chi connectivity index (χ4n) is 2.60. The maximum Gasteiger partial charge on any atom is 0.177 e. The Labute approximate surface area is 109 Å². The zero-order valence-electron chi connectivity index (χ0n) is 11.1. The van der Waals surface area contributed by atoms with Crippen LogP contribution in [0, 0.1) is 10.2 Å². The highest BCUT2D eigenvalue weighted by Crippen LogP contribution is 2.32. The van der Waals surface area contributed by atoms with Gasteiger partial charge in [0.25, 0.3) is 0 Å². The van der Waals surface area contributed by atoms with Gasteiger partial charge in [0, 0.05) is 18.4 Å². The quantitative estimate of drug-likeness (QED) is 0.838. The van der Waals surface area contributed by atoms with Crippen molar-refractivity contribution in [3.8, 4) is 0 Å². The summed E-state index contributed by atoms with van der Waals surface area (Å²) in [6.45, 7) is 8.05. The van der Waals surface area contributed by atoms with E-state index >= 15 is 0 Å². The third-order valence-electron chi connectivity index (χ3n) is 4.05. The molecule has 2 heterocycles. The van der Waals surface area contributed by atoms with Gasteiger partial charge in [0.2, 0.25) is 0 Å². The Kier molecular flexibility index (Phi) is 3.73. The molecule has 1 N–H and O–H groups in total. The van der Waals surface area contributed by atoms with Crippen molar-refractivity contribution in [2.75, 3.05) is 20.1 Å². The minimum Gasteiger partial charge on any atom is -0.337 e. The predicted molar refractivity (Wildman–Crippen MR) is 73.8 cm³/mol. The Morgan fingerprint density at radius 1 is 1.41 bits per heavy atom. The summed E-state index contributed by atoms with van der Waals surface area (Å²) in [7, 11) is 2.21. The van der Waals surface area contributed by atoms with Crippen LogP contribution in [0.1, 0.15) is 32.4 Å². The number of nitrogens with one attached hydrogen (secondary N) is 1. The fourth-order valence-corrected chi connectivity index (χ4v) is 2.84. The monoisotopic (exact) mass is 253 g/mol. The molecule has 0 amide bonds. The van der Waals surface area contributed by atoms with Gasteiger partial charge in [-0.3, -0.25) is 0 Å². The first-order valence-electron chi connectivity index (χ1n) is 6.50. The molecule has 1 aromatic heterocycles. The van der Waals surface area contributed by atoms with E-state index in [1.54, 1.807) is 0 Å². The van der Waals surface area contributed by atoms with E-state index in [1.807, 2.05) is 0 Å². The Morgan fingerprint density at radius 3 is 2.65 bits per heavy atom. The lowest BCUT2D eigenvalue weighted by Gasteiger charge is -2.38. The van der Waals surface area contributed by atoms with Crippen LogP contribution in [0.15, 0.2) is 6.20 Å². The van der Waals surface area contributed by atoms with Gasteiger partial charge in [0.1, 0.15) is 0 Å². The molecule has 3 nitrogen and oxygen atoms in total. The van der Waals surface area contributed by atoms with E-state index in [4.69, 9.17) is 12.2 Å². The molecule has 0 spiro atoms. The Balaban J connectivity index is 2.14. The Morgan fingerprint density at radius 2 is 2.06 bits per heavy atom.